The number of carbonyl (C=O) groups is 2. The summed E-state index contributed by atoms with van der Waals surface area (Å²) < 4.78 is 10.4. The van der Waals surface area contributed by atoms with E-state index in [0.29, 0.717) is 36.8 Å². The first-order chi connectivity index (χ1) is 10.1. The SMILES string of the molecule is COCCOc1ccccc1C(=O)NCCSCC(=O)O. The van der Waals surface area contributed by atoms with Gasteiger partial charge in [-0.15, -0.1) is 11.8 Å². The van der Waals surface area contributed by atoms with Crippen molar-refractivity contribution in [3.05, 3.63) is 29.8 Å². The first-order valence-corrected chi connectivity index (χ1v) is 7.59. The Bertz CT molecular complexity index is 466. The summed E-state index contributed by atoms with van der Waals surface area (Å²) in [5.74, 6) is -0.00969. The first kappa shape index (κ1) is 17.3. The van der Waals surface area contributed by atoms with Gasteiger partial charge in [0.05, 0.1) is 17.9 Å². The number of ether oxygens (including phenoxy) is 2. The van der Waals surface area contributed by atoms with Gasteiger partial charge in [-0.3, -0.25) is 9.59 Å². The highest BCUT2D eigenvalue weighted by molar-refractivity contribution is 7.99. The predicted octanol–water partition coefficient (Wildman–Crippen LogP) is 1.26. The molecule has 1 amide bonds. The third-order valence-corrected chi connectivity index (χ3v) is 3.38. The molecule has 0 saturated carbocycles. The Morgan fingerprint density at radius 1 is 1.29 bits per heavy atom. The van der Waals surface area contributed by atoms with Crippen LogP contribution in [-0.2, 0) is 9.53 Å². The molecule has 1 aromatic carbocycles. The van der Waals surface area contributed by atoms with Gasteiger partial charge in [-0.2, -0.15) is 0 Å². The van der Waals surface area contributed by atoms with E-state index in [9.17, 15) is 9.59 Å². The highest BCUT2D eigenvalue weighted by Gasteiger charge is 2.11. The number of carboxylic acid groups (broad SMARTS) is 1. The van der Waals surface area contributed by atoms with Crippen LogP contribution < -0.4 is 10.1 Å². The molecule has 1 rings (SSSR count). The van der Waals surface area contributed by atoms with Crippen molar-refractivity contribution in [1.29, 1.82) is 0 Å². The number of benzene rings is 1. The molecule has 0 radical (unpaired) electrons. The Morgan fingerprint density at radius 3 is 2.76 bits per heavy atom. The van der Waals surface area contributed by atoms with Gasteiger partial charge in [0.1, 0.15) is 12.4 Å². The van der Waals surface area contributed by atoms with E-state index < -0.39 is 5.97 Å². The molecule has 7 heteroatoms. The molecule has 0 spiro atoms. The summed E-state index contributed by atoms with van der Waals surface area (Å²) in [5, 5.41) is 11.2. The van der Waals surface area contributed by atoms with E-state index in [1.54, 1.807) is 31.4 Å². The second-order valence-electron chi connectivity index (χ2n) is 4.04. The molecule has 6 nitrogen and oxygen atoms in total. The van der Waals surface area contributed by atoms with Gasteiger partial charge in [0.25, 0.3) is 5.91 Å². The van der Waals surface area contributed by atoms with E-state index in [1.807, 2.05) is 0 Å². The number of carbonyl (C=O) groups excluding carboxylic acids is 1. The summed E-state index contributed by atoms with van der Waals surface area (Å²) in [7, 11) is 1.58. The number of hydrogen-bond acceptors (Lipinski definition) is 5. The third-order valence-electron chi connectivity index (χ3n) is 2.43. The van der Waals surface area contributed by atoms with Crippen molar-refractivity contribution in [2.45, 2.75) is 0 Å². The largest absolute Gasteiger partial charge is 0.490 e. The Kier molecular flexibility index (Phi) is 8.30. The van der Waals surface area contributed by atoms with Crippen LogP contribution in [0.3, 0.4) is 0 Å². The smallest absolute Gasteiger partial charge is 0.313 e. The lowest BCUT2D eigenvalue weighted by Gasteiger charge is -2.11. The first-order valence-electron chi connectivity index (χ1n) is 6.43. The second kappa shape index (κ2) is 10.1. The molecule has 0 fully saturated rings. The quantitative estimate of drug-likeness (QED) is 0.633. The van der Waals surface area contributed by atoms with Gasteiger partial charge >= 0.3 is 5.97 Å². The second-order valence-corrected chi connectivity index (χ2v) is 5.14. The lowest BCUT2D eigenvalue weighted by Crippen LogP contribution is -2.26. The van der Waals surface area contributed by atoms with Crippen LogP contribution in [-0.4, -0.2) is 55.4 Å². The highest BCUT2D eigenvalue weighted by atomic mass is 32.2. The molecule has 0 atom stereocenters. The molecular formula is C14H19NO5S. The Balaban J connectivity index is 2.43. The van der Waals surface area contributed by atoms with Crippen LogP contribution in [0.1, 0.15) is 10.4 Å². The summed E-state index contributed by atoms with van der Waals surface area (Å²) in [4.78, 5) is 22.4. The van der Waals surface area contributed by atoms with Gasteiger partial charge in [-0.25, -0.2) is 0 Å². The van der Waals surface area contributed by atoms with E-state index in [0.717, 1.165) is 0 Å². The fourth-order valence-electron chi connectivity index (χ4n) is 1.51. The van der Waals surface area contributed by atoms with Crippen LogP contribution >= 0.6 is 11.8 Å². The molecular weight excluding hydrogens is 294 g/mol. The van der Waals surface area contributed by atoms with Crippen molar-refractivity contribution >= 4 is 23.6 Å². The zero-order valence-electron chi connectivity index (χ0n) is 11.8. The van der Waals surface area contributed by atoms with Gasteiger partial charge in [-0.05, 0) is 12.1 Å². The van der Waals surface area contributed by atoms with Crippen LogP contribution in [0.5, 0.6) is 5.75 Å². The molecule has 0 aromatic heterocycles. The summed E-state index contributed by atoms with van der Waals surface area (Å²) >= 11 is 1.26. The van der Waals surface area contributed by atoms with Crippen LogP contribution in [0.15, 0.2) is 24.3 Å². The van der Waals surface area contributed by atoms with E-state index in [1.165, 1.54) is 11.8 Å². The number of rotatable bonds is 10. The molecule has 0 bridgehead atoms. The maximum Gasteiger partial charge on any atom is 0.313 e. The molecule has 2 N–H and O–H groups in total. The highest BCUT2D eigenvalue weighted by Crippen LogP contribution is 2.17. The Labute approximate surface area is 127 Å². The van der Waals surface area contributed by atoms with Crippen molar-refractivity contribution in [1.82, 2.24) is 5.32 Å². The number of nitrogens with one attached hydrogen (secondary N) is 1. The molecule has 0 saturated heterocycles. The van der Waals surface area contributed by atoms with E-state index in [4.69, 9.17) is 14.6 Å². The Hall–Kier alpha value is -1.73. The number of carboxylic acids is 1. The molecule has 1 aromatic rings. The van der Waals surface area contributed by atoms with Gasteiger partial charge in [-0.1, -0.05) is 12.1 Å². The molecule has 0 unspecified atom stereocenters. The molecule has 0 aliphatic rings. The number of aliphatic carboxylic acids is 1. The van der Waals surface area contributed by atoms with Crippen LogP contribution in [0.4, 0.5) is 0 Å². The average Bonchev–Trinajstić information content (AvgIpc) is 2.47. The lowest BCUT2D eigenvalue weighted by molar-refractivity contribution is -0.133. The van der Waals surface area contributed by atoms with Gasteiger partial charge in [0.15, 0.2) is 0 Å². The van der Waals surface area contributed by atoms with Crippen molar-refractivity contribution in [2.75, 3.05) is 38.4 Å². The van der Waals surface area contributed by atoms with Crippen LogP contribution in [0.2, 0.25) is 0 Å². The minimum atomic E-state index is -0.858. The predicted molar refractivity (Wildman–Crippen MR) is 81.1 cm³/mol. The van der Waals surface area contributed by atoms with Crippen molar-refractivity contribution < 1.29 is 24.2 Å². The van der Waals surface area contributed by atoms with Crippen molar-refractivity contribution in [2.24, 2.45) is 0 Å². The summed E-state index contributed by atoms with van der Waals surface area (Å²) in [6.07, 6.45) is 0. The number of methoxy groups -OCH3 is 1. The van der Waals surface area contributed by atoms with Gasteiger partial charge in [0, 0.05) is 19.4 Å². The molecule has 116 valence electrons. The minimum Gasteiger partial charge on any atom is -0.490 e. The maximum atomic E-state index is 12.0. The summed E-state index contributed by atoms with van der Waals surface area (Å²) in [6.45, 7) is 1.22. The number of para-hydroxylation sites is 1. The molecule has 0 heterocycles. The van der Waals surface area contributed by atoms with Crippen LogP contribution in [0, 0.1) is 0 Å². The number of hydrogen-bond donors (Lipinski definition) is 2. The van der Waals surface area contributed by atoms with Crippen molar-refractivity contribution in [3.63, 3.8) is 0 Å². The molecule has 0 aliphatic heterocycles. The van der Waals surface area contributed by atoms with Gasteiger partial charge < -0.3 is 19.9 Å². The van der Waals surface area contributed by atoms with E-state index in [-0.39, 0.29) is 11.7 Å². The van der Waals surface area contributed by atoms with Crippen molar-refractivity contribution in [3.8, 4) is 5.75 Å². The Morgan fingerprint density at radius 2 is 2.05 bits per heavy atom. The summed E-state index contributed by atoms with van der Waals surface area (Å²) in [5.41, 5.74) is 0.455. The minimum absolute atomic E-state index is 0.0343. The van der Waals surface area contributed by atoms with Gasteiger partial charge in [0.2, 0.25) is 0 Å². The standard InChI is InChI=1S/C14H19NO5S/c1-19-7-8-20-12-5-3-2-4-11(12)14(18)15-6-9-21-10-13(16)17/h2-5H,6-10H2,1H3,(H,15,18)(H,16,17). The zero-order valence-corrected chi connectivity index (χ0v) is 12.6. The average molecular weight is 313 g/mol. The number of thioether (sulfide) groups is 1. The lowest BCUT2D eigenvalue weighted by atomic mass is 10.2. The van der Waals surface area contributed by atoms with E-state index in [2.05, 4.69) is 5.32 Å². The third kappa shape index (κ3) is 7.01. The number of amides is 1. The molecule has 21 heavy (non-hydrogen) atoms. The maximum absolute atomic E-state index is 12.0. The van der Waals surface area contributed by atoms with Crippen LogP contribution in [0.25, 0.3) is 0 Å². The fraction of sp³-hybridized carbons (Fsp3) is 0.429. The fourth-order valence-corrected chi connectivity index (χ4v) is 2.07. The summed E-state index contributed by atoms with van der Waals surface area (Å²) in [6, 6.07) is 6.96. The molecule has 0 aliphatic carbocycles. The topological polar surface area (TPSA) is 84.9 Å². The zero-order chi connectivity index (χ0) is 15.5. The van der Waals surface area contributed by atoms with E-state index >= 15 is 0 Å². The monoisotopic (exact) mass is 313 g/mol. The normalized spacial score (nSPS) is 10.1.